The molecule has 0 N–H and O–H groups in total. The first-order valence-corrected chi connectivity index (χ1v) is 5.65. The van der Waals surface area contributed by atoms with Crippen molar-refractivity contribution in [3.63, 3.8) is 0 Å². The largest absolute Gasteiger partial charge is 0.369 e. The Hall–Kier alpha value is -1.22. The molecular weight excluding hydrogens is 207 g/mol. The van der Waals surface area contributed by atoms with Crippen molar-refractivity contribution >= 4 is 5.78 Å². The summed E-state index contributed by atoms with van der Waals surface area (Å²) in [6.07, 6.45) is 2.31. The Morgan fingerprint density at radius 3 is 3.00 bits per heavy atom. The van der Waals surface area contributed by atoms with Gasteiger partial charge in [0.2, 0.25) is 0 Å². The molecule has 3 rings (SSSR count). The molecule has 84 valence electrons. The maximum Gasteiger partial charge on any atom is 0.138 e. The molecule has 1 heterocycles. The predicted octanol–water partition coefficient (Wildman–Crippen LogP) is 2.35. The molecule has 1 atom stereocenters. The zero-order chi connectivity index (χ0) is 11.2. The molecular formula is C13H13FO2. The van der Waals surface area contributed by atoms with Crippen molar-refractivity contribution in [1.29, 1.82) is 0 Å². The van der Waals surface area contributed by atoms with Crippen LogP contribution in [0.4, 0.5) is 4.39 Å². The Kier molecular flexibility index (Phi) is 2.11. The van der Waals surface area contributed by atoms with Crippen LogP contribution in [0.2, 0.25) is 0 Å². The maximum atomic E-state index is 13.6. The SMILES string of the molecule is O=C1CCOC2(CCc3c(F)cccc32)C1. The number of carbonyl (C=O) groups is 1. The van der Waals surface area contributed by atoms with E-state index in [-0.39, 0.29) is 11.6 Å². The lowest BCUT2D eigenvalue weighted by atomic mass is 9.87. The minimum atomic E-state index is -0.521. The normalized spacial score (nSPS) is 28.4. The van der Waals surface area contributed by atoms with Gasteiger partial charge in [0.1, 0.15) is 17.2 Å². The summed E-state index contributed by atoms with van der Waals surface area (Å²) in [7, 11) is 0. The van der Waals surface area contributed by atoms with Gasteiger partial charge < -0.3 is 4.74 Å². The van der Waals surface area contributed by atoms with E-state index < -0.39 is 5.60 Å². The van der Waals surface area contributed by atoms with E-state index in [1.54, 1.807) is 6.07 Å². The summed E-state index contributed by atoms with van der Waals surface area (Å²) in [5, 5.41) is 0. The standard InChI is InChI=1S/C13H13FO2/c14-12-3-1-2-11-10(12)4-6-13(11)8-9(15)5-7-16-13/h1-3H,4-8H2. The van der Waals surface area contributed by atoms with Gasteiger partial charge in [-0.15, -0.1) is 0 Å². The Labute approximate surface area is 93.4 Å². The van der Waals surface area contributed by atoms with Crippen molar-refractivity contribution in [2.75, 3.05) is 6.61 Å². The second kappa shape index (κ2) is 3.39. The van der Waals surface area contributed by atoms with Crippen LogP contribution in [0.1, 0.15) is 30.4 Å². The summed E-state index contributed by atoms with van der Waals surface area (Å²) in [6, 6.07) is 5.07. The van der Waals surface area contributed by atoms with Gasteiger partial charge in [0, 0.05) is 12.8 Å². The second-order valence-corrected chi connectivity index (χ2v) is 4.57. The number of Topliss-reactive ketones (excluding diaryl/α,β-unsaturated/α-hetero) is 1. The van der Waals surface area contributed by atoms with Gasteiger partial charge in [-0.2, -0.15) is 0 Å². The van der Waals surface area contributed by atoms with Gasteiger partial charge in [0.25, 0.3) is 0 Å². The molecule has 1 unspecified atom stereocenters. The van der Waals surface area contributed by atoms with Crippen LogP contribution >= 0.6 is 0 Å². The van der Waals surface area contributed by atoms with Gasteiger partial charge in [-0.25, -0.2) is 4.39 Å². The van der Waals surface area contributed by atoms with E-state index in [0.29, 0.717) is 25.9 Å². The molecule has 1 spiro atoms. The first-order chi connectivity index (χ1) is 7.71. The van der Waals surface area contributed by atoms with Crippen LogP contribution in [0.3, 0.4) is 0 Å². The zero-order valence-corrected chi connectivity index (χ0v) is 8.96. The highest BCUT2D eigenvalue weighted by Crippen LogP contribution is 2.45. The molecule has 2 nitrogen and oxygen atoms in total. The highest BCUT2D eigenvalue weighted by atomic mass is 19.1. The zero-order valence-electron chi connectivity index (χ0n) is 8.96. The minimum absolute atomic E-state index is 0.170. The average molecular weight is 220 g/mol. The smallest absolute Gasteiger partial charge is 0.138 e. The molecule has 1 aliphatic heterocycles. The van der Waals surface area contributed by atoms with E-state index in [9.17, 15) is 9.18 Å². The van der Waals surface area contributed by atoms with Gasteiger partial charge in [0.05, 0.1) is 6.61 Å². The van der Waals surface area contributed by atoms with E-state index in [2.05, 4.69) is 0 Å². The second-order valence-electron chi connectivity index (χ2n) is 4.57. The lowest BCUT2D eigenvalue weighted by Gasteiger charge is -2.33. The lowest BCUT2D eigenvalue weighted by molar-refractivity contribution is -0.141. The number of carbonyl (C=O) groups excluding carboxylic acids is 1. The Morgan fingerprint density at radius 2 is 2.19 bits per heavy atom. The molecule has 16 heavy (non-hydrogen) atoms. The summed E-state index contributed by atoms with van der Waals surface area (Å²) < 4.78 is 19.4. The molecule has 0 amide bonds. The maximum absolute atomic E-state index is 13.6. The summed E-state index contributed by atoms with van der Waals surface area (Å²) in [4.78, 5) is 11.5. The Morgan fingerprint density at radius 1 is 1.31 bits per heavy atom. The first-order valence-electron chi connectivity index (χ1n) is 5.65. The monoisotopic (exact) mass is 220 g/mol. The molecule has 1 aromatic carbocycles. The number of rotatable bonds is 0. The first kappa shape index (κ1) is 9.97. The molecule has 0 bridgehead atoms. The van der Waals surface area contributed by atoms with Crippen LogP contribution in [-0.2, 0) is 21.6 Å². The summed E-state index contributed by atoms with van der Waals surface area (Å²) >= 11 is 0. The van der Waals surface area contributed by atoms with Crippen molar-refractivity contribution < 1.29 is 13.9 Å². The Bertz CT molecular complexity index is 455. The summed E-state index contributed by atoms with van der Waals surface area (Å²) in [5.74, 6) is 0.0550. The number of hydrogen-bond acceptors (Lipinski definition) is 2. The number of ketones is 1. The summed E-state index contributed by atoms with van der Waals surface area (Å²) in [5.41, 5.74) is 1.10. The van der Waals surface area contributed by atoms with E-state index in [1.807, 2.05) is 6.07 Å². The molecule has 1 aliphatic carbocycles. The molecule has 0 aromatic heterocycles. The highest BCUT2D eigenvalue weighted by Gasteiger charge is 2.44. The fraction of sp³-hybridized carbons (Fsp3) is 0.462. The van der Waals surface area contributed by atoms with Crippen molar-refractivity contribution in [1.82, 2.24) is 0 Å². The van der Waals surface area contributed by atoms with Crippen molar-refractivity contribution in [2.24, 2.45) is 0 Å². The van der Waals surface area contributed by atoms with E-state index in [1.165, 1.54) is 6.07 Å². The number of benzene rings is 1. The minimum Gasteiger partial charge on any atom is -0.369 e. The lowest BCUT2D eigenvalue weighted by Crippen LogP contribution is -2.35. The van der Waals surface area contributed by atoms with Crippen molar-refractivity contribution in [3.05, 3.63) is 35.1 Å². The molecule has 1 fully saturated rings. The Balaban J connectivity index is 2.07. The van der Waals surface area contributed by atoms with Crippen LogP contribution < -0.4 is 0 Å². The highest BCUT2D eigenvalue weighted by molar-refractivity contribution is 5.80. The third-order valence-corrected chi connectivity index (χ3v) is 3.63. The molecule has 1 aromatic rings. The molecule has 0 saturated carbocycles. The van der Waals surface area contributed by atoms with Crippen LogP contribution in [-0.4, -0.2) is 12.4 Å². The molecule has 1 saturated heterocycles. The van der Waals surface area contributed by atoms with Gasteiger partial charge in [-0.1, -0.05) is 12.1 Å². The number of hydrogen-bond donors (Lipinski definition) is 0. The number of ether oxygens (including phenoxy) is 1. The van der Waals surface area contributed by atoms with Gasteiger partial charge in [-0.3, -0.25) is 4.79 Å². The van der Waals surface area contributed by atoms with E-state index in [4.69, 9.17) is 4.74 Å². The molecule has 0 radical (unpaired) electrons. The third kappa shape index (κ3) is 1.31. The third-order valence-electron chi connectivity index (χ3n) is 3.63. The fourth-order valence-electron chi connectivity index (χ4n) is 2.85. The predicted molar refractivity (Wildman–Crippen MR) is 56.6 cm³/mol. The number of fused-ring (bicyclic) bond motifs is 2. The van der Waals surface area contributed by atoms with Crippen molar-refractivity contribution in [3.8, 4) is 0 Å². The number of halogens is 1. The molecule has 2 aliphatic rings. The molecule has 3 heteroatoms. The van der Waals surface area contributed by atoms with Crippen LogP contribution in [0, 0.1) is 5.82 Å². The van der Waals surface area contributed by atoms with Crippen molar-refractivity contribution in [2.45, 2.75) is 31.3 Å². The van der Waals surface area contributed by atoms with Crippen LogP contribution in [0.5, 0.6) is 0 Å². The van der Waals surface area contributed by atoms with Crippen LogP contribution in [0.25, 0.3) is 0 Å². The fourth-order valence-corrected chi connectivity index (χ4v) is 2.85. The van der Waals surface area contributed by atoms with Gasteiger partial charge >= 0.3 is 0 Å². The average Bonchev–Trinajstić information content (AvgIpc) is 2.59. The van der Waals surface area contributed by atoms with Gasteiger partial charge in [-0.05, 0) is 30.0 Å². The topological polar surface area (TPSA) is 26.3 Å². The van der Waals surface area contributed by atoms with Crippen LogP contribution in [0.15, 0.2) is 18.2 Å². The van der Waals surface area contributed by atoms with Gasteiger partial charge in [0.15, 0.2) is 0 Å². The quantitative estimate of drug-likeness (QED) is 0.670. The summed E-state index contributed by atoms with van der Waals surface area (Å²) in [6.45, 7) is 0.467. The van der Waals surface area contributed by atoms with E-state index >= 15 is 0 Å². The van der Waals surface area contributed by atoms with E-state index in [0.717, 1.165) is 17.5 Å².